The summed E-state index contributed by atoms with van der Waals surface area (Å²) < 4.78 is 10.2. The van der Waals surface area contributed by atoms with Crippen LogP contribution in [0.3, 0.4) is 0 Å². The smallest absolute Gasteiger partial charge is 0.248 e. The van der Waals surface area contributed by atoms with Crippen LogP contribution < -0.4 is 5.73 Å². The van der Waals surface area contributed by atoms with Gasteiger partial charge >= 0.3 is 0 Å². The first-order valence-electron chi connectivity index (χ1n) is 12.1. The van der Waals surface area contributed by atoms with Crippen molar-refractivity contribution in [2.24, 2.45) is 11.7 Å². The number of nitrogens with two attached hydrogens (primary N) is 1. The molecular weight excluding hydrogens is 438 g/mol. The summed E-state index contributed by atoms with van der Waals surface area (Å²) >= 11 is 0. The molecule has 7 nitrogen and oxygen atoms in total. The zero-order valence-corrected chi connectivity index (χ0v) is 19.9. The molecule has 1 fully saturated rings. The summed E-state index contributed by atoms with van der Waals surface area (Å²) in [6.07, 6.45) is 3.33. The number of amides is 1. The summed E-state index contributed by atoms with van der Waals surface area (Å²) in [6, 6.07) is 19.7. The van der Waals surface area contributed by atoms with Gasteiger partial charge in [0.1, 0.15) is 17.3 Å². The van der Waals surface area contributed by atoms with E-state index in [2.05, 4.69) is 35.8 Å². The number of hydrogen-bond acceptors (Lipinski definition) is 4. The quantitative estimate of drug-likeness (QED) is 0.342. The third-order valence-electron chi connectivity index (χ3n) is 6.66. The summed E-state index contributed by atoms with van der Waals surface area (Å²) in [5.74, 6) is 2.82. The molecule has 7 heteroatoms. The van der Waals surface area contributed by atoms with Gasteiger partial charge in [-0.15, -0.1) is 0 Å². The normalized spacial score (nSPS) is 13.5. The highest BCUT2D eigenvalue weighted by Gasteiger charge is 2.25. The van der Waals surface area contributed by atoms with Crippen molar-refractivity contribution in [2.45, 2.75) is 39.7 Å². The summed E-state index contributed by atoms with van der Waals surface area (Å²) in [6.45, 7) is 4.98. The number of aryl methyl sites for hydroxylation is 2. The van der Waals surface area contributed by atoms with Crippen LogP contribution >= 0.6 is 0 Å². The Hall–Kier alpha value is -4.13. The second-order valence-corrected chi connectivity index (χ2v) is 9.30. The first-order valence-corrected chi connectivity index (χ1v) is 12.1. The van der Waals surface area contributed by atoms with Gasteiger partial charge in [0.05, 0.1) is 22.4 Å². The molecule has 176 valence electrons. The van der Waals surface area contributed by atoms with Gasteiger partial charge in [0, 0.05) is 17.7 Å². The first-order chi connectivity index (χ1) is 17.0. The second-order valence-electron chi connectivity index (χ2n) is 9.30. The molecule has 3 aromatic heterocycles. The van der Waals surface area contributed by atoms with E-state index in [4.69, 9.17) is 20.2 Å². The Balaban J connectivity index is 1.47. The highest BCUT2D eigenvalue weighted by molar-refractivity contribution is 5.93. The average molecular weight is 466 g/mol. The molecule has 0 saturated heterocycles. The number of nitrogens with zero attached hydrogens (tertiary/aromatic N) is 4. The van der Waals surface area contributed by atoms with Gasteiger partial charge in [-0.3, -0.25) is 4.79 Å². The van der Waals surface area contributed by atoms with Gasteiger partial charge in [-0.05, 0) is 80.6 Å². The molecule has 0 bridgehead atoms. The number of benzene rings is 2. The SMILES string of the molecule is CCc1cc(-c2ccc(C)o2)n(-c2ccc3c(c2)nc(-c2ccc(C(N)=O)cc2)n3CC2CC2)n1. The standard InChI is InChI=1S/C28H27N5O2/c1-3-21-14-25(26-13-4-17(2)35-26)33(31-21)22-11-12-24-23(15-22)30-28(32(24)16-18-5-6-18)20-9-7-19(8-10-20)27(29)34/h4,7-15,18H,3,5-6,16H2,1-2H3,(H2,29,34). The third kappa shape index (κ3) is 3.93. The van der Waals surface area contributed by atoms with E-state index >= 15 is 0 Å². The van der Waals surface area contributed by atoms with Crippen LogP contribution in [0.25, 0.3) is 39.6 Å². The largest absolute Gasteiger partial charge is 0.460 e. The summed E-state index contributed by atoms with van der Waals surface area (Å²) in [7, 11) is 0. The lowest BCUT2D eigenvalue weighted by Gasteiger charge is -2.10. The molecule has 1 aliphatic carbocycles. The highest BCUT2D eigenvalue weighted by atomic mass is 16.3. The van der Waals surface area contributed by atoms with Crippen LogP contribution in [0, 0.1) is 12.8 Å². The van der Waals surface area contributed by atoms with E-state index in [1.807, 2.05) is 35.9 Å². The molecule has 0 radical (unpaired) electrons. The Morgan fingerprint density at radius 1 is 1.09 bits per heavy atom. The maximum Gasteiger partial charge on any atom is 0.248 e. The lowest BCUT2D eigenvalue weighted by atomic mass is 10.1. The van der Waals surface area contributed by atoms with Crippen LogP contribution in [0.5, 0.6) is 0 Å². The van der Waals surface area contributed by atoms with Crippen LogP contribution in [-0.2, 0) is 13.0 Å². The van der Waals surface area contributed by atoms with Crippen molar-refractivity contribution in [1.82, 2.24) is 19.3 Å². The molecule has 1 saturated carbocycles. The minimum absolute atomic E-state index is 0.430. The number of carbonyl (C=O) groups excluding carboxylic acids is 1. The van der Waals surface area contributed by atoms with Crippen LogP contribution in [-0.4, -0.2) is 25.2 Å². The fraction of sp³-hybridized carbons (Fsp3) is 0.250. The fourth-order valence-corrected chi connectivity index (χ4v) is 4.54. The Labute approximate surface area is 203 Å². The summed E-state index contributed by atoms with van der Waals surface area (Å²) in [5.41, 5.74) is 11.8. The van der Waals surface area contributed by atoms with Crippen LogP contribution in [0.15, 0.2) is 65.1 Å². The number of carbonyl (C=O) groups is 1. The number of rotatable bonds is 7. The monoisotopic (exact) mass is 465 g/mol. The molecule has 0 unspecified atom stereocenters. The molecule has 5 aromatic rings. The van der Waals surface area contributed by atoms with Gasteiger partial charge in [0.2, 0.25) is 5.91 Å². The number of primary amides is 1. The topological polar surface area (TPSA) is 91.9 Å². The molecule has 1 aliphatic rings. The van der Waals surface area contributed by atoms with Crippen molar-refractivity contribution in [3.8, 4) is 28.5 Å². The van der Waals surface area contributed by atoms with E-state index in [0.29, 0.717) is 11.5 Å². The fourth-order valence-electron chi connectivity index (χ4n) is 4.54. The lowest BCUT2D eigenvalue weighted by molar-refractivity contribution is 0.100. The number of furan rings is 1. The number of aromatic nitrogens is 4. The molecular formula is C28H27N5O2. The molecule has 2 aromatic carbocycles. The van der Waals surface area contributed by atoms with Crippen LogP contribution in [0.4, 0.5) is 0 Å². The summed E-state index contributed by atoms with van der Waals surface area (Å²) in [4.78, 5) is 16.6. The van der Waals surface area contributed by atoms with E-state index in [-0.39, 0.29) is 0 Å². The molecule has 35 heavy (non-hydrogen) atoms. The van der Waals surface area contributed by atoms with Crippen molar-refractivity contribution in [3.05, 3.63) is 77.7 Å². The van der Waals surface area contributed by atoms with Crippen LogP contribution in [0.1, 0.15) is 41.6 Å². The van der Waals surface area contributed by atoms with Gasteiger partial charge in [-0.1, -0.05) is 19.1 Å². The van der Waals surface area contributed by atoms with Crippen molar-refractivity contribution in [3.63, 3.8) is 0 Å². The maximum absolute atomic E-state index is 11.5. The molecule has 0 aliphatic heterocycles. The Bertz CT molecular complexity index is 1550. The van der Waals surface area contributed by atoms with Gasteiger partial charge < -0.3 is 14.7 Å². The number of imidazole rings is 1. The average Bonchev–Trinajstić information content (AvgIpc) is 3.25. The van der Waals surface area contributed by atoms with Crippen molar-refractivity contribution >= 4 is 16.9 Å². The minimum atomic E-state index is -0.430. The lowest BCUT2D eigenvalue weighted by Crippen LogP contribution is -2.10. The Morgan fingerprint density at radius 2 is 1.89 bits per heavy atom. The second kappa shape index (κ2) is 8.27. The van der Waals surface area contributed by atoms with Gasteiger partial charge in [0.25, 0.3) is 0 Å². The Kier molecular flexibility index (Phi) is 5.06. The van der Waals surface area contributed by atoms with E-state index < -0.39 is 5.91 Å². The van der Waals surface area contributed by atoms with E-state index in [1.165, 1.54) is 12.8 Å². The predicted molar refractivity (Wildman–Crippen MR) is 135 cm³/mol. The van der Waals surface area contributed by atoms with E-state index in [9.17, 15) is 4.79 Å². The predicted octanol–water partition coefficient (Wildman–Crippen LogP) is 5.53. The molecule has 1 amide bonds. The van der Waals surface area contributed by atoms with Gasteiger partial charge in [-0.2, -0.15) is 5.10 Å². The maximum atomic E-state index is 11.5. The molecule has 3 heterocycles. The molecule has 6 rings (SSSR count). The van der Waals surface area contributed by atoms with Crippen molar-refractivity contribution in [2.75, 3.05) is 0 Å². The molecule has 0 atom stereocenters. The van der Waals surface area contributed by atoms with Crippen molar-refractivity contribution in [1.29, 1.82) is 0 Å². The summed E-state index contributed by atoms with van der Waals surface area (Å²) in [5, 5.41) is 4.84. The molecule has 0 spiro atoms. The van der Waals surface area contributed by atoms with Gasteiger partial charge in [0.15, 0.2) is 5.76 Å². The van der Waals surface area contributed by atoms with E-state index in [1.54, 1.807) is 12.1 Å². The zero-order valence-electron chi connectivity index (χ0n) is 19.9. The zero-order chi connectivity index (χ0) is 24.1. The first kappa shape index (κ1) is 21.4. The van der Waals surface area contributed by atoms with E-state index in [0.717, 1.165) is 64.0 Å². The number of hydrogen-bond donors (Lipinski definition) is 1. The van der Waals surface area contributed by atoms with Gasteiger partial charge in [-0.25, -0.2) is 9.67 Å². The number of fused-ring (bicyclic) bond motifs is 1. The Morgan fingerprint density at radius 3 is 2.54 bits per heavy atom. The van der Waals surface area contributed by atoms with Crippen LogP contribution in [0.2, 0.25) is 0 Å². The van der Waals surface area contributed by atoms with Crippen molar-refractivity contribution < 1.29 is 9.21 Å². The highest BCUT2D eigenvalue weighted by Crippen LogP contribution is 2.35. The minimum Gasteiger partial charge on any atom is -0.460 e. The third-order valence-corrected chi connectivity index (χ3v) is 6.66. The molecule has 2 N–H and O–H groups in total.